The Bertz CT molecular complexity index is 626. The smallest absolute Gasteiger partial charge is 0.294 e. The maximum absolute atomic E-state index is 11.0. The van der Waals surface area contributed by atoms with Crippen LogP contribution < -0.4 is 0 Å². The van der Waals surface area contributed by atoms with E-state index in [0.29, 0.717) is 5.76 Å². The van der Waals surface area contributed by atoms with Crippen molar-refractivity contribution in [1.82, 2.24) is 5.16 Å². The predicted octanol–water partition coefficient (Wildman–Crippen LogP) is 2.48. The Kier molecular flexibility index (Phi) is 2.55. The highest BCUT2D eigenvalue weighted by Gasteiger charge is 2.19. The third-order valence-corrected chi connectivity index (χ3v) is 3.36. The highest BCUT2D eigenvalue weighted by molar-refractivity contribution is 8.13. The maximum Gasteiger partial charge on any atom is 0.294 e. The second-order valence-electron chi connectivity index (χ2n) is 3.28. The lowest BCUT2D eigenvalue weighted by atomic mass is 10.2. The van der Waals surface area contributed by atoms with Crippen LogP contribution in [-0.4, -0.2) is 13.6 Å². The number of rotatable bonds is 2. The van der Waals surface area contributed by atoms with Crippen molar-refractivity contribution < 1.29 is 17.4 Å². The Hall–Kier alpha value is -1.27. The SMILES string of the molecule is Cc1noc(-c2ccc(S(=O)(=O)Cl)o2)c1C. The summed E-state index contributed by atoms with van der Waals surface area (Å²) >= 11 is 0. The van der Waals surface area contributed by atoms with Gasteiger partial charge in [-0.3, -0.25) is 0 Å². The van der Waals surface area contributed by atoms with Crippen LogP contribution in [0, 0.1) is 13.8 Å². The molecule has 7 heteroatoms. The van der Waals surface area contributed by atoms with Crippen LogP contribution >= 0.6 is 10.7 Å². The molecule has 2 rings (SSSR count). The molecule has 0 saturated heterocycles. The van der Waals surface area contributed by atoms with Crippen LogP contribution in [0.25, 0.3) is 11.5 Å². The number of furan rings is 1. The van der Waals surface area contributed by atoms with Gasteiger partial charge in [0.1, 0.15) is 0 Å². The predicted molar refractivity (Wildman–Crippen MR) is 56.7 cm³/mol. The van der Waals surface area contributed by atoms with Gasteiger partial charge in [-0.2, -0.15) is 0 Å². The van der Waals surface area contributed by atoms with Crippen molar-refractivity contribution >= 4 is 19.7 Å². The summed E-state index contributed by atoms with van der Waals surface area (Å²) in [5.74, 6) is 0.696. The van der Waals surface area contributed by atoms with Gasteiger partial charge in [0.25, 0.3) is 9.05 Å². The van der Waals surface area contributed by atoms with Gasteiger partial charge in [-0.25, -0.2) is 8.42 Å². The molecular weight excluding hydrogens is 254 g/mol. The molecule has 0 radical (unpaired) electrons. The molecule has 16 heavy (non-hydrogen) atoms. The first-order valence-electron chi connectivity index (χ1n) is 4.37. The Balaban J connectivity index is 2.51. The van der Waals surface area contributed by atoms with Crippen LogP contribution in [0.3, 0.4) is 0 Å². The molecule has 0 amide bonds. The van der Waals surface area contributed by atoms with E-state index in [4.69, 9.17) is 19.6 Å². The fraction of sp³-hybridized carbons (Fsp3) is 0.222. The van der Waals surface area contributed by atoms with E-state index in [2.05, 4.69) is 5.16 Å². The summed E-state index contributed by atoms with van der Waals surface area (Å²) < 4.78 is 32.1. The molecule has 0 aliphatic carbocycles. The summed E-state index contributed by atoms with van der Waals surface area (Å²) in [4.78, 5) is 0. The van der Waals surface area contributed by atoms with E-state index in [1.54, 1.807) is 13.8 Å². The number of nitrogens with zero attached hydrogens (tertiary/aromatic N) is 1. The average molecular weight is 262 g/mol. The van der Waals surface area contributed by atoms with Crippen LogP contribution in [0.15, 0.2) is 26.2 Å². The molecule has 0 aliphatic heterocycles. The van der Waals surface area contributed by atoms with Gasteiger partial charge >= 0.3 is 0 Å². The van der Waals surface area contributed by atoms with Crippen molar-refractivity contribution in [3.05, 3.63) is 23.4 Å². The van der Waals surface area contributed by atoms with E-state index in [1.165, 1.54) is 12.1 Å². The first-order chi connectivity index (χ1) is 7.39. The van der Waals surface area contributed by atoms with Gasteiger partial charge in [0.05, 0.1) is 5.69 Å². The van der Waals surface area contributed by atoms with E-state index in [0.717, 1.165) is 11.3 Å². The van der Waals surface area contributed by atoms with Gasteiger partial charge in [0, 0.05) is 16.2 Å². The van der Waals surface area contributed by atoms with Crippen LogP contribution in [0.4, 0.5) is 0 Å². The second-order valence-corrected chi connectivity index (χ2v) is 5.78. The minimum Gasteiger partial charge on any atom is -0.440 e. The zero-order chi connectivity index (χ0) is 11.9. The first-order valence-corrected chi connectivity index (χ1v) is 6.68. The second kappa shape index (κ2) is 3.64. The molecule has 0 bridgehead atoms. The third kappa shape index (κ3) is 1.85. The van der Waals surface area contributed by atoms with Crippen molar-refractivity contribution in [3.63, 3.8) is 0 Å². The highest BCUT2D eigenvalue weighted by atomic mass is 35.7. The Labute approximate surface area is 96.4 Å². The molecule has 2 aromatic rings. The van der Waals surface area contributed by atoms with E-state index in [9.17, 15) is 8.42 Å². The molecule has 0 aromatic carbocycles. The minimum atomic E-state index is -3.85. The summed E-state index contributed by atoms with van der Waals surface area (Å²) in [6.45, 7) is 3.59. The summed E-state index contributed by atoms with van der Waals surface area (Å²) in [6.07, 6.45) is 0. The Morgan fingerprint density at radius 2 is 2.00 bits per heavy atom. The van der Waals surface area contributed by atoms with Crippen LogP contribution in [0.1, 0.15) is 11.3 Å². The summed E-state index contributed by atoms with van der Waals surface area (Å²) in [5.41, 5.74) is 1.52. The quantitative estimate of drug-likeness (QED) is 0.777. The van der Waals surface area contributed by atoms with E-state index >= 15 is 0 Å². The van der Waals surface area contributed by atoms with Gasteiger partial charge in [-0.15, -0.1) is 0 Å². The topological polar surface area (TPSA) is 73.3 Å². The zero-order valence-electron chi connectivity index (χ0n) is 8.52. The third-order valence-electron chi connectivity index (χ3n) is 2.20. The molecule has 5 nitrogen and oxygen atoms in total. The number of hydrogen-bond donors (Lipinski definition) is 0. The number of hydrogen-bond acceptors (Lipinski definition) is 5. The molecule has 2 aromatic heterocycles. The van der Waals surface area contributed by atoms with Crippen molar-refractivity contribution in [2.75, 3.05) is 0 Å². The van der Waals surface area contributed by atoms with Crippen molar-refractivity contribution in [2.45, 2.75) is 18.9 Å². The molecule has 0 aliphatic rings. The highest BCUT2D eigenvalue weighted by Crippen LogP contribution is 2.29. The summed E-state index contributed by atoms with van der Waals surface area (Å²) in [5, 5.41) is 3.44. The van der Waals surface area contributed by atoms with Gasteiger partial charge in [-0.1, -0.05) is 5.16 Å². The zero-order valence-corrected chi connectivity index (χ0v) is 10.1. The van der Waals surface area contributed by atoms with Crippen molar-refractivity contribution in [3.8, 4) is 11.5 Å². The van der Waals surface area contributed by atoms with E-state index in [-0.39, 0.29) is 10.9 Å². The monoisotopic (exact) mass is 261 g/mol. The standard InChI is InChI=1S/C9H8ClNO4S/c1-5-6(2)11-15-9(5)7-3-4-8(14-7)16(10,12)13/h3-4H,1-2H3. The fourth-order valence-electron chi connectivity index (χ4n) is 1.22. The first kappa shape index (κ1) is 11.2. The lowest BCUT2D eigenvalue weighted by molar-refractivity contribution is 0.399. The molecule has 2 heterocycles. The fourth-order valence-corrected chi connectivity index (χ4v) is 1.89. The normalized spacial score (nSPS) is 11.9. The largest absolute Gasteiger partial charge is 0.440 e. The molecular formula is C9H8ClNO4S. The number of aryl methyl sites for hydroxylation is 1. The van der Waals surface area contributed by atoms with Gasteiger partial charge < -0.3 is 8.94 Å². The van der Waals surface area contributed by atoms with Crippen molar-refractivity contribution in [1.29, 1.82) is 0 Å². The summed E-state index contributed by atoms with van der Waals surface area (Å²) in [6, 6.07) is 2.75. The lowest BCUT2D eigenvalue weighted by Gasteiger charge is -1.91. The van der Waals surface area contributed by atoms with Crippen LogP contribution in [-0.2, 0) is 9.05 Å². The number of halogens is 1. The molecule has 0 unspecified atom stereocenters. The van der Waals surface area contributed by atoms with Gasteiger partial charge in [0.15, 0.2) is 5.76 Å². The Morgan fingerprint density at radius 1 is 1.31 bits per heavy atom. The maximum atomic E-state index is 11.0. The van der Waals surface area contributed by atoms with Crippen molar-refractivity contribution in [2.24, 2.45) is 0 Å². The average Bonchev–Trinajstić information content (AvgIpc) is 2.74. The van der Waals surface area contributed by atoms with Crippen LogP contribution in [0.5, 0.6) is 0 Å². The summed E-state index contributed by atoms with van der Waals surface area (Å²) in [7, 11) is 1.28. The molecule has 0 N–H and O–H groups in total. The minimum absolute atomic E-state index is 0.289. The molecule has 0 spiro atoms. The molecule has 0 fully saturated rings. The molecule has 0 saturated carbocycles. The molecule has 0 atom stereocenters. The van der Waals surface area contributed by atoms with E-state index < -0.39 is 9.05 Å². The lowest BCUT2D eigenvalue weighted by Crippen LogP contribution is -1.85. The number of aromatic nitrogens is 1. The van der Waals surface area contributed by atoms with Gasteiger partial charge in [-0.05, 0) is 26.0 Å². The van der Waals surface area contributed by atoms with E-state index in [1.807, 2.05) is 0 Å². The van der Waals surface area contributed by atoms with Crippen LogP contribution in [0.2, 0.25) is 0 Å². The van der Waals surface area contributed by atoms with Gasteiger partial charge in [0.2, 0.25) is 10.9 Å². The Morgan fingerprint density at radius 3 is 2.44 bits per heavy atom. The molecule has 86 valence electrons.